The minimum atomic E-state index is -0.258. The van der Waals surface area contributed by atoms with Crippen molar-refractivity contribution in [2.24, 2.45) is 0 Å². The van der Waals surface area contributed by atoms with Gasteiger partial charge in [-0.05, 0) is 43.2 Å². The number of piperidine rings is 1. The first kappa shape index (κ1) is 24.5. The van der Waals surface area contributed by atoms with Crippen LogP contribution in [0.25, 0.3) is 12.2 Å². The van der Waals surface area contributed by atoms with Gasteiger partial charge >= 0.3 is 0 Å². The van der Waals surface area contributed by atoms with Crippen LogP contribution in [0.4, 0.5) is 4.39 Å². The number of likely N-dealkylation sites (tertiary alicyclic amines) is 1. The Labute approximate surface area is 216 Å². The van der Waals surface area contributed by atoms with Gasteiger partial charge in [0.15, 0.2) is 5.78 Å². The average molecular weight is 493 g/mol. The van der Waals surface area contributed by atoms with Crippen molar-refractivity contribution in [3.63, 3.8) is 0 Å². The van der Waals surface area contributed by atoms with Gasteiger partial charge in [-0.2, -0.15) is 0 Å². The van der Waals surface area contributed by atoms with E-state index in [2.05, 4.69) is 15.2 Å². The molecule has 5 nitrogen and oxygen atoms in total. The van der Waals surface area contributed by atoms with E-state index in [1.54, 1.807) is 16.8 Å². The van der Waals surface area contributed by atoms with Gasteiger partial charge in [0.2, 0.25) is 0 Å². The molecule has 0 aliphatic carbocycles. The molecule has 5 rings (SSSR count). The zero-order valence-corrected chi connectivity index (χ0v) is 21.1. The molecule has 0 atom stereocenters. The zero-order valence-electron chi connectivity index (χ0n) is 21.1. The SMILES string of the molecule is Cc1ccc(/C=C2\CN(Cc3cn(Cc4ccccc4F)nn3)C/C(=C\c3ccc(C)cc3)C2=O)cc1. The molecule has 1 aliphatic rings. The highest BCUT2D eigenvalue weighted by Gasteiger charge is 2.27. The Hall–Kier alpha value is -4.16. The van der Waals surface area contributed by atoms with E-state index in [4.69, 9.17) is 0 Å². The van der Waals surface area contributed by atoms with Crippen LogP contribution < -0.4 is 0 Å². The molecule has 2 heterocycles. The lowest BCUT2D eigenvalue weighted by atomic mass is 9.94. The first-order valence-electron chi connectivity index (χ1n) is 12.4. The normalized spacial score (nSPS) is 16.6. The molecule has 6 heteroatoms. The van der Waals surface area contributed by atoms with Gasteiger partial charge in [-0.25, -0.2) is 9.07 Å². The summed E-state index contributed by atoms with van der Waals surface area (Å²) in [6.07, 6.45) is 5.80. The first-order chi connectivity index (χ1) is 17.9. The molecule has 0 unspecified atom stereocenters. The summed E-state index contributed by atoms with van der Waals surface area (Å²) in [6, 6.07) is 23.0. The molecule has 1 fully saturated rings. The summed E-state index contributed by atoms with van der Waals surface area (Å²) in [5.74, 6) is -0.188. The van der Waals surface area contributed by atoms with E-state index < -0.39 is 0 Å². The maximum atomic E-state index is 14.1. The Morgan fingerprint density at radius 1 is 0.811 bits per heavy atom. The van der Waals surface area contributed by atoms with Crippen LogP contribution in [0, 0.1) is 19.7 Å². The summed E-state index contributed by atoms with van der Waals surface area (Å²) in [5, 5.41) is 8.52. The molecule has 1 aromatic heterocycles. The number of carbonyl (C=O) groups is 1. The van der Waals surface area contributed by atoms with Crippen molar-refractivity contribution in [2.45, 2.75) is 26.9 Å². The summed E-state index contributed by atoms with van der Waals surface area (Å²) in [7, 11) is 0. The van der Waals surface area contributed by atoms with Crippen LogP contribution in [-0.4, -0.2) is 38.8 Å². The number of halogens is 1. The van der Waals surface area contributed by atoms with Crippen molar-refractivity contribution in [3.8, 4) is 0 Å². The van der Waals surface area contributed by atoms with Gasteiger partial charge in [-0.3, -0.25) is 9.69 Å². The maximum absolute atomic E-state index is 14.1. The van der Waals surface area contributed by atoms with E-state index in [1.165, 1.54) is 17.2 Å². The van der Waals surface area contributed by atoms with Crippen molar-refractivity contribution in [3.05, 3.63) is 129 Å². The Morgan fingerprint density at radius 3 is 1.95 bits per heavy atom. The Morgan fingerprint density at radius 2 is 1.38 bits per heavy atom. The number of aryl methyl sites for hydroxylation is 2. The lowest BCUT2D eigenvalue weighted by Gasteiger charge is -2.29. The van der Waals surface area contributed by atoms with Gasteiger partial charge in [-0.1, -0.05) is 83.1 Å². The van der Waals surface area contributed by atoms with Crippen LogP contribution in [0.15, 0.2) is 90.1 Å². The van der Waals surface area contributed by atoms with Crippen molar-refractivity contribution < 1.29 is 9.18 Å². The second-order valence-electron chi connectivity index (χ2n) is 9.63. The predicted molar refractivity (Wildman–Crippen MR) is 144 cm³/mol. The van der Waals surface area contributed by atoms with Crippen molar-refractivity contribution in [1.82, 2.24) is 19.9 Å². The molecule has 0 N–H and O–H groups in total. The number of rotatable bonds is 6. The summed E-state index contributed by atoms with van der Waals surface area (Å²) in [4.78, 5) is 15.7. The summed E-state index contributed by atoms with van der Waals surface area (Å²) < 4.78 is 15.7. The quantitative estimate of drug-likeness (QED) is 0.327. The van der Waals surface area contributed by atoms with Crippen LogP contribution in [0.1, 0.15) is 33.5 Å². The number of aromatic nitrogens is 3. The van der Waals surface area contributed by atoms with Gasteiger partial charge in [-0.15, -0.1) is 5.10 Å². The third-order valence-corrected chi connectivity index (χ3v) is 6.47. The number of hydrogen-bond acceptors (Lipinski definition) is 4. The lowest BCUT2D eigenvalue weighted by Crippen LogP contribution is -2.37. The molecule has 0 spiro atoms. The lowest BCUT2D eigenvalue weighted by molar-refractivity contribution is -0.113. The van der Waals surface area contributed by atoms with Gasteiger partial charge in [0, 0.05) is 36.3 Å². The molecule has 0 amide bonds. The first-order valence-corrected chi connectivity index (χ1v) is 12.4. The minimum Gasteiger partial charge on any atom is -0.289 e. The van der Waals surface area contributed by atoms with Crippen molar-refractivity contribution in [1.29, 1.82) is 0 Å². The van der Waals surface area contributed by atoms with Crippen LogP contribution >= 0.6 is 0 Å². The zero-order chi connectivity index (χ0) is 25.8. The second-order valence-corrected chi connectivity index (χ2v) is 9.63. The van der Waals surface area contributed by atoms with Gasteiger partial charge in [0.25, 0.3) is 0 Å². The van der Waals surface area contributed by atoms with Gasteiger partial charge < -0.3 is 0 Å². The van der Waals surface area contributed by atoms with E-state index in [9.17, 15) is 9.18 Å². The molecule has 3 aromatic carbocycles. The van der Waals surface area contributed by atoms with Crippen molar-refractivity contribution >= 4 is 17.9 Å². The highest BCUT2D eigenvalue weighted by atomic mass is 19.1. The van der Waals surface area contributed by atoms with Crippen LogP contribution in [-0.2, 0) is 17.9 Å². The molecule has 186 valence electrons. The predicted octanol–water partition coefficient (Wildman–Crippen LogP) is 5.63. The largest absolute Gasteiger partial charge is 0.289 e. The van der Waals surface area contributed by atoms with Crippen LogP contribution in [0.2, 0.25) is 0 Å². The molecule has 37 heavy (non-hydrogen) atoms. The number of hydrogen-bond donors (Lipinski definition) is 0. The third-order valence-electron chi connectivity index (χ3n) is 6.47. The third kappa shape index (κ3) is 6.16. The molecule has 1 saturated heterocycles. The number of Topliss-reactive ketones (excluding diaryl/α,β-unsaturated/α-hetero) is 1. The molecule has 0 saturated carbocycles. The topological polar surface area (TPSA) is 51.0 Å². The van der Waals surface area contributed by atoms with Crippen LogP contribution in [0.5, 0.6) is 0 Å². The number of nitrogens with zero attached hydrogens (tertiary/aromatic N) is 4. The minimum absolute atomic E-state index is 0.0700. The fraction of sp³-hybridized carbons (Fsp3) is 0.194. The Kier molecular flexibility index (Phi) is 7.19. The number of benzene rings is 3. The van der Waals surface area contributed by atoms with E-state index in [1.807, 2.05) is 86.8 Å². The fourth-order valence-electron chi connectivity index (χ4n) is 4.47. The van der Waals surface area contributed by atoms with E-state index in [0.717, 1.165) is 28.0 Å². The van der Waals surface area contributed by atoms with Gasteiger partial charge in [0.05, 0.1) is 18.4 Å². The number of ketones is 1. The van der Waals surface area contributed by atoms with Crippen LogP contribution in [0.3, 0.4) is 0 Å². The maximum Gasteiger partial charge on any atom is 0.187 e. The molecule has 0 radical (unpaired) electrons. The Bertz CT molecular complexity index is 1400. The molecular weight excluding hydrogens is 463 g/mol. The highest BCUT2D eigenvalue weighted by Crippen LogP contribution is 2.24. The highest BCUT2D eigenvalue weighted by molar-refractivity contribution is 6.14. The summed E-state index contributed by atoms with van der Waals surface area (Å²) >= 11 is 0. The number of carbonyl (C=O) groups excluding carboxylic acids is 1. The average Bonchev–Trinajstić information content (AvgIpc) is 3.32. The van der Waals surface area contributed by atoms with Gasteiger partial charge in [0.1, 0.15) is 5.82 Å². The molecule has 1 aliphatic heterocycles. The summed E-state index contributed by atoms with van der Waals surface area (Å²) in [5.41, 5.74) is 7.18. The second kappa shape index (κ2) is 10.8. The standard InChI is InChI=1S/C31H29FN4O/c1-22-7-11-24(12-8-22)15-27-17-35(18-28(31(27)37)16-25-13-9-23(2)10-14-25)20-29-21-36(34-33-29)19-26-5-3-4-6-30(26)32/h3-16,21H,17-20H2,1-2H3/b27-15+,28-16+. The van der Waals surface area contributed by atoms with Crippen molar-refractivity contribution in [2.75, 3.05) is 13.1 Å². The van der Waals surface area contributed by atoms with E-state index >= 15 is 0 Å². The summed E-state index contributed by atoms with van der Waals surface area (Å²) in [6.45, 7) is 5.96. The Balaban J connectivity index is 1.40. The molecule has 0 bridgehead atoms. The monoisotopic (exact) mass is 492 g/mol. The smallest absolute Gasteiger partial charge is 0.187 e. The molecule has 4 aromatic rings. The fourth-order valence-corrected chi connectivity index (χ4v) is 4.47. The molecular formula is C31H29FN4O. The van der Waals surface area contributed by atoms with E-state index in [-0.39, 0.29) is 11.6 Å². The van der Waals surface area contributed by atoms with E-state index in [0.29, 0.717) is 31.7 Å².